The Hall–Kier alpha value is -2.85. The van der Waals surface area contributed by atoms with Gasteiger partial charge in [0.05, 0.1) is 21.7 Å². The summed E-state index contributed by atoms with van der Waals surface area (Å²) in [5.74, 6) is -1.21. The van der Waals surface area contributed by atoms with Gasteiger partial charge in [-0.05, 0) is 56.8 Å². The van der Waals surface area contributed by atoms with Crippen LogP contribution >= 0.6 is 31.9 Å². The van der Waals surface area contributed by atoms with E-state index in [4.69, 9.17) is 4.74 Å². The molecule has 0 fully saturated rings. The molecule has 160 valence electrons. The molecule has 0 saturated heterocycles. The Labute approximate surface area is 194 Å². The molecule has 0 unspecified atom stereocenters. The molecule has 3 aromatic rings. The predicted molar refractivity (Wildman–Crippen MR) is 123 cm³/mol. The highest BCUT2D eigenvalue weighted by Gasteiger charge is 2.21. The topological polar surface area (TPSA) is 111 Å². The van der Waals surface area contributed by atoms with Gasteiger partial charge in [0.1, 0.15) is 0 Å². The number of nitro groups is 1. The van der Waals surface area contributed by atoms with Gasteiger partial charge >= 0.3 is 5.97 Å². The molecule has 10 heteroatoms. The molecule has 1 N–H and O–H groups in total. The minimum absolute atomic E-state index is 0.144. The van der Waals surface area contributed by atoms with Crippen LogP contribution in [0, 0.1) is 17.0 Å². The van der Waals surface area contributed by atoms with E-state index in [1.807, 2.05) is 25.1 Å². The van der Waals surface area contributed by atoms with Crippen molar-refractivity contribution in [3.63, 3.8) is 0 Å². The molecular formula is C21H17Br2N3O5. The number of pyridine rings is 1. The summed E-state index contributed by atoms with van der Waals surface area (Å²) in [4.78, 5) is 40.2. The quantitative estimate of drug-likeness (QED) is 0.252. The Morgan fingerprint density at radius 1 is 1.19 bits per heavy atom. The third kappa shape index (κ3) is 4.91. The summed E-state index contributed by atoms with van der Waals surface area (Å²) in [5.41, 5.74) is 2.72. The van der Waals surface area contributed by atoms with E-state index in [2.05, 4.69) is 42.2 Å². The highest BCUT2D eigenvalue weighted by Crippen LogP contribution is 2.35. The van der Waals surface area contributed by atoms with Crippen LogP contribution < -0.4 is 5.32 Å². The van der Waals surface area contributed by atoms with Crippen LogP contribution in [0.5, 0.6) is 0 Å². The van der Waals surface area contributed by atoms with Crippen LogP contribution in [0.4, 0.5) is 11.4 Å². The van der Waals surface area contributed by atoms with Crippen molar-refractivity contribution in [2.75, 3.05) is 11.9 Å². The number of nitro benzene ring substituents is 1. The van der Waals surface area contributed by atoms with E-state index < -0.39 is 23.4 Å². The van der Waals surface area contributed by atoms with Gasteiger partial charge in [0, 0.05) is 32.2 Å². The minimum atomic E-state index is -0.622. The summed E-state index contributed by atoms with van der Waals surface area (Å²) in [5, 5.41) is 14.2. The second-order valence-electron chi connectivity index (χ2n) is 6.60. The summed E-state index contributed by atoms with van der Waals surface area (Å²) >= 11 is 6.40. The van der Waals surface area contributed by atoms with Crippen molar-refractivity contribution in [1.29, 1.82) is 0 Å². The number of nitrogens with zero attached hydrogens (tertiary/aromatic N) is 2. The number of halogens is 2. The van der Waals surface area contributed by atoms with Crippen LogP contribution in [0.25, 0.3) is 10.9 Å². The lowest BCUT2D eigenvalue weighted by atomic mass is 10.0. The first-order chi connectivity index (χ1) is 14.7. The summed E-state index contributed by atoms with van der Waals surface area (Å²) in [6.07, 6.45) is 0.652. The van der Waals surface area contributed by atoms with E-state index in [1.54, 1.807) is 13.0 Å². The maximum absolute atomic E-state index is 12.8. The fourth-order valence-electron chi connectivity index (χ4n) is 3.13. The second kappa shape index (κ2) is 9.52. The molecule has 1 aromatic heterocycles. The number of carbonyl (C=O) groups is 2. The van der Waals surface area contributed by atoms with Gasteiger partial charge in [0.25, 0.3) is 11.6 Å². The van der Waals surface area contributed by atoms with E-state index in [0.717, 1.165) is 5.69 Å². The smallest absolute Gasteiger partial charge is 0.339 e. The summed E-state index contributed by atoms with van der Waals surface area (Å²) < 4.78 is 5.91. The fraction of sp³-hybridized carbons (Fsp3) is 0.190. The highest BCUT2D eigenvalue weighted by molar-refractivity contribution is 9.11. The Bertz CT molecular complexity index is 1190. The summed E-state index contributed by atoms with van der Waals surface area (Å²) in [6, 6.07) is 9.79. The number of rotatable bonds is 6. The SMILES string of the molecule is CCc1nc2ccccc2c(C(=O)OCC(=O)Nc2c(Br)cc([N+](=O)[O-])cc2Br)c1C. The third-order valence-electron chi connectivity index (χ3n) is 4.61. The second-order valence-corrected chi connectivity index (χ2v) is 8.30. The van der Waals surface area contributed by atoms with Crippen molar-refractivity contribution in [2.45, 2.75) is 20.3 Å². The number of hydrogen-bond acceptors (Lipinski definition) is 6. The van der Waals surface area contributed by atoms with Crippen molar-refractivity contribution < 1.29 is 19.2 Å². The first-order valence-corrected chi connectivity index (χ1v) is 10.8. The fourth-order valence-corrected chi connectivity index (χ4v) is 4.49. The largest absolute Gasteiger partial charge is 0.452 e. The zero-order valence-electron chi connectivity index (χ0n) is 16.6. The zero-order chi connectivity index (χ0) is 22.7. The Kier molecular flexibility index (Phi) is 7.01. The maximum atomic E-state index is 12.8. The van der Waals surface area contributed by atoms with Crippen molar-refractivity contribution in [3.05, 3.63) is 72.3 Å². The number of non-ortho nitro benzene ring substituents is 1. The number of hydrogen-bond donors (Lipinski definition) is 1. The molecule has 8 nitrogen and oxygen atoms in total. The van der Waals surface area contributed by atoms with E-state index in [1.165, 1.54) is 12.1 Å². The highest BCUT2D eigenvalue weighted by atomic mass is 79.9. The number of carbonyl (C=O) groups excluding carboxylic acids is 2. The average molecular weight is 551 g/mol. The molecule has 0 atom stereocenters. The lowest BCUT2D eigenvalue weighted by molar-refractivity contribution is -0.385. The molecular weight excluding hydrogens is 534 g/mol. The summed E-state index contributed by atoms with van der Waals surface area (Å²) in [7, 11) is 0. The van der Waals surface area contributed by atoms with Gasteiger partial charge < -0.3 is 10.1 Å². The number of fused-ring (bicyclic) bond motifs is 1. The molecule has 0 bridgehead atoms. The van der Waals surface area contributed by atoms with Gasteiger partial charge in [-0.3, -0.25) is 19.9 Å². The van der Waals surface area contributed by atoms with E-state index in [9.17, 15) is 19.7 Å². The van der Waals surface area contributed by atoms with Gasteiger partial charge in [0.15, 0.2) is 6.61 Å². The number of ether oxygens (including phenoxy) is 1. The molecule has 1 heterocycles. The molecule has 0 spiro atoms. The van der Waals surface area contributed by atoms with Gasteiger partial charge in [-0.15, -0.1) is 0 Å². The molecule has 0 aliphatic rings. The van der Waals surface area contributed by atoms with Crippen molar-refractivity contribution in [1.82, 2.24) is 4.98 Å². The van der Waals surface area contributed by atoms with Crippen molar-refractivity contribution in [2.24, 2.45) is 0 Å². The molecule has 1 amide bonds. The molecule has 3 rings (SSSR count). The first kappa shape index (κ1) is 22.8. The molecule has 2 aromatic carbocycles. The Morgan fingerprint density at radius 3 is 2.45 bits per heavy atom. The number of aryl methyl sites for hydroxylation is 1. The third-order valence-corrected chi connectivity index (χ3v) is 5.86. The molecule has 31 heavy (non-hydrogen) atoms. The summed E-state index contributed by atoms with van der Waals surface area (Å²) in [6.45, 7) is 3.23. The number of anilines is 1. The van der Waals surface area contributed by atoms with E-state index in [0.29, 0.717) is 43.1 Å². The van der Waals surface area contributed by atoms with E-state index in [-0.39, 0.29) is 5.69 Å². The first-order valence-electron chi connectivity index (χ1n) is 9.21. The number of nitrogens with one attached hydrogen (secondary N) is 1. The zero-order valence-corrected chi connectivity index (χ0v) is 19.7. The molecule has 0 aliphatic carbocycles. The van der Waals surface area contributed by atoms with E-state index >= 15 is 0 Å². The predicted octanol–water partition coefficient (Wildman–Crippen LogP) is 5.33. The standard InChI is InChI=1S/C21H17Br2N3O5/c1-3-16-11(2)19(13-6-4-5-7-17(13)24-16)21(28)31-10-18(27)25-20-14(22)8-12(26(29)30)9-15(20)23/h4-9H,3,10H2,1-2H3,(H,25,27). The van der Waals surface area contributed by atoms with Crippen molar-refractivity contribution in [3.8, 4) is 0 Å². The molecule has 0 aliphatic heterocycles. The number of amides is 1. The maximum Gasteiger partial charge on any atom is 0.339 e. The van der Waals surface area contributed by atoms with Crippen LogP contribution in [0.2, 0.25) is 0 Å². The van der Waals surface area contributed by atoms with Gasteiger partial charge in [0.2, 0.25) is 0 Å². The van der Waals surface area contributed by atoms with Crippen LogP contribution in [0.3, 0.4) is 0 Å². The van der Waals surface area contributed by atoms with Crippen LogP contribution in [0.1, 0.15) is 28.5 Å². The van der Waals surface area contributed by atoms with Crippen LogP contribution in [-0.4, -0.2) is 28.4 Å². The lowest BCUT2D eigenvalue weighted by Crippen LogP contribution is -2.22. The Balaban J connectivity index is 1.78. The minimum Gasteiger partial charge on any atom is -0.452 e. The lowest BCUT2D eigenvalue weighted by Gasteiger charge is -2.14. The number of para-hydroxylation sites is 1. The number of esters is 1. The molecule has 0 saturated carbocycles. The normalized spacial score (nSPS) is 10.7. The number of aromatic nitrogens is 1. The molecule has 0 radical (unpaired) electrons. The Morgan fingerprint density at radius 2 is 1.84 bits per heavy atom. The van der Waals surface area contributed by atoms with Crippen LogP contribution in [-0.2, 0) is 16.0 Å². The number of benzene rings is 2. The van der Waals surface area contributed by atoms with Gasteiger partial charge in [-0.1, -0.05) is 25.1 Å². The van der Waals surface area contributed by atoms with Gasteiger partial charge in [-0.2, -0.15) is 0 Å². The van der Waals surface area contributed by atoms with Crippen molar-refractivity contribution >= 4 is 66.0 Å². The van der Waals surface area contributed by atoms with Crippen LogP contribution in [0.15, 0.2) is 45.3 Å². The average Bonchev–Trinajstić information content (AvgIpc) is 2.73. The van der Waals surface area contributed by atoms with Gasteiger partial charge in [-0.25, -0.2) is 4.79 Å². The monoisotopic (exact) mass is 549 g/mol.